The highest BCUT2D eigenvalue weighted by Gasteiger charge is 2.29. The molecule has 3 heterocycles. The van der Waals surface area contributed by atoms with E-state index < -0.39 is 28.8 Å². The third-order valence-corrected chi connectivity index (χ3v) is 8.39. The van der Waals surface area contributed by atoms with Gasteiger partial charge in [-0.1, -0.05) is 36.4 Å². The summed E-state index contributed by atoms with van der Waals surface area (Å²) in [6.45, 7) is 0.673. The number of hydrogen-bond acceptors (Lipinski definition) is 7. The summed E-state index contributed by atoms with van der Waals surface area (Å²) in [6, 6.07) is 19.8. The fraction of sp³-hybridized carbons (Fsp3) is 0.189. The molecule has 0 fully saturated rings. The van der Waals surface area contributed by atoms with E-state index in [1.165, 1.54) is 30.3 Å². The van der Waals surface area contributed by atoms with E-state index in [0.29, 0.717) is 59.7 Å². The van der Waals surface area contributed by atoms with Gasteiger partial charge in [-0.15, -0.1) is 0 Å². The Hall–Kier alpha value is -5.91. The molecule has 0 aliphatic carbocycles. The summed E-state index contributed by atoms with van der Waals surface area (Å²) in [4.78, 5) is 35.6. The molecule has 1 aliphatic heterocycles. The second kappa shape index (κ2) is 13.3. The summed E-state index contributed by atoms with van der Waals surface area (Å²) in [5.41, 5.74) is 1.07. The van der Waals surface area contributed by atoms with Crippen molar-refractivity contribution in [3.05, 3.63) is 135 Å². The number of halogens is 3. The molecule has 0 spiro atoms. The minimum absolute atomic E-state index is 0.0752. The quantitative estimate of drug-likeness (QED) is 0.143. The van der Waals surface area contributed by atoms with Gasteiger partial charge in [-0.05, 0) is 60.7 Å². The molecule has 0 unspecified atom stereocenters. The molecule has 49 heavy (non-hydrogen) atoms. The number of fused-ring (bicyclic) bond motifs is 2. The SMILES string of the molecule is COc1cc2c(Oc3ccc(CC(=O)c4c5n(n(-c6cc(F)ccc6F)c4=O)CCCC5)cc3F)ncnc2cc1OCc1ccccc1. The highest BCUT2D eigenvalue weighted by atomic mass is 19.1. The molecule has 0 amide bonds. The molecule has 0 saturated heterocycles. The van der Waals surface area contributed by atoms with Crippen LogP contribution in [0.25, 0.3) is 16.6 Å². The number of rotatable bonds is 10. The Morgan fingerprint density at radius 1 is 0.857 bits per heavy atom. The van der Waals surface area contributed by atoms with Crippen LogP contribution in [0.4, 0.5) is 13.2 Å². The zero-order chi connectivity index (χ0) is 34.1. The van der Waals surface area contributed by atoms with Gasteiger partial charge in [0, 0.05) is 25.1 Å². The van der Waals surface area contributed by atoms with Gasteiger partial charge in [0.1, 0.15) is 35.8 Å². The van der Waals surface area contributed by atoms with E-state index in [1.54, 1.807) is 12.1 Å². The Morgan fingerprint density at radius 2 is 1.69 bits per heavy atom. The van der Waals surface area contributed by atoms with Crippen LogP contribution >= 0.6 is 0 Å². The van der Waals surface area contributed by atoms with Gasteiger partial charge in [0.25, 0.3) is 5.56 Å². The van der Waals surface area contributed by atoms with Gasteiger partial charge in [-0.3, -0.25) is 14.3 Å². The van der Waals surface area contributed by atoms with Crippen molar-refractivity contribution in [1.29, 1.82) is 0 Å². The lowest BCUT2D eigenvalue weighted by Gasteiger charge is -2.19. The van der Waals surface area contributed by atoms with Gasteiger partial charge in [-0.2, -0.15) is 0 Å². The Balaban J connectivity index is 1.13. The van der Waals surface area contributed by atoms with Gasteiger partial charge in [0.2, 0.25) is 5.88 Å². The first-order chi connectivity index (χ1) is 23.8. The van der Waals surface area contributed by atoms with E-state index in [1.807, 2.05) is 30.3 Å². The van der Waals surface area contributed by atoms with E-state index in [-0.39, 0.29) is 29.3 Å². The number of carbonyl (C=O) groups excluding carboxylic acids is 1. The van der Waals surface area contributed by atoms with E-state index in [9.17, 15) is 18.4 Å². The molecule has 9 nitrogen and oxygen atoms in total. The van der Waals surface area contributed by atoms with Gasteiger partial charge >= 0.3 is 0 Å². The normalized spacial score (nSPS) is 12.5. The molecular weight excluding hydrogens is 637 g/mol. The van der Waals surface area contributed by atoms with Gasteiger partial charge in [-0.25, -0.2) is 27.8 Å². The number of hydrogen-bond donors (Lipinski definition) is 0. The Morgan fingerprint density at radius 3 is 2.49 bits per heavy atom. The summed E-state index contributed by atoms with van der Waals surface area (Å²) in [6.07, 6.45) is 2.84. The average molecular weight is 667 g/mol. The van der Waals surface area contributed by atoms with Crippen LogP contribution in [0.15, 0.2) is 90.0 Å². The molecule has 6 aromatic rings. The van der Waals surface area contributed by atoms with Gasteiger partial charge in [0.05, 0.1) is 23.7 Å². The summed E-state index contributed by atoms with van der Waals surface area (Å²) >= 11 is 0. The van der Waals surface area contributed by atoms with E-state index in [4.69, 9.17) is 14.2 Å². The topological polar surface area (TPSA) is 97.5 Å². The second-order valence-corrected chi connectivity index (χ2v) is 11.6. The average Bonchev–Trinajstić information content (AvgIpc) is 3.41. The van der Waals surface area contributed by atoms with E-state index in [2.05, 4.69) is 9.97 Å². The van der Waals surface area contributed by atoms with Crippen molar-refractivity contribution < 1.29 is 32.2 Å². The van der Waals surface area contributed by atoms with Crippen molar-refractivity contribution in [3.63, 3.8) is 0 Å². The number of benzene rings is 4. The van der Waals surface area contributed by atoms with E-state index >= 15 is 4.39 Å². The Kier molecular flexibility index (Phi) is 8.60. The molecule has 2 aromatic heterocycles. The highest BCUT2D eigenvalue weighted by molar-refractivity contribution is 5.98. The van der Waals surface area contributed by atoms with E-state index in [0.717, 1.165) is 40.9 Å². The highest BCUT2D eigenvalue weighted by Crippen LogP contribution is 2.37. The Labute approximate surface area is 278 Å². The molecule has 248 valence electrons. The molecule has 12 heteroatoms. The lowest BCUT2D eigenvalue weighted by molar-refractivity contribution is 0.0990. The van der Waals surface area contributed by atoms with Crippen LogP contribution in [0.3, 0.4) is 0 Å². The van der Waals surface area contributed by atoms with Crippen LogP contribution in [0.2, 0.25) is 0 Å². The van der Waals surface area contributed by atoms with Crippen LogP contribution < -0.4 is 19.8 Å². The number of nitrogens with zero attached hydrogens (tertiary/aromatic N) is 4. The first-order valence-corrected chi connectivity index (χ1v) is 15.6. The van der Waals surface area contributed by atoms with Gasteiger partial charge < -0.3 is 14.2 Å². The monoisotopic (exact) mass is 666 g/mol. The molecule has 0 N–H and O–H groups in total. The third kappa shape index (κ3) is 6.24. The van der Waals surface area contributed by atoms with Crippen LogP contribution in [0.1, 0.15) is 40.0 Å². The van der Waals surface area contributed by atoms with Crippen molar-refractivity contribution in [2.45, 2.75) is 38.8 Å². The zero-order valence-electron chi connectivity index (χ0n) is 26.3. The fourth-order valence-electron chi connectivity index (χ4n) is 6.04. The number of aromatic nitrogens is 4. The van der Waals surface area contributed by atoms with Crippen LogP contribution in [0, 0.1) is 17.5 Å². The molecule has 0 saturated carbocycles. The largest absolute Gasteiger partial charge is 0.493 e. The first kappa shape index (κ1) is 31.7. The maximum atomic E-state index is 15.4. The standard InChI is InChI=1S/C37H29F3N4O5/c1-47-33-18-25-28(19-34(33)48-20-22-7-3-2-4-8-22)41-21-42-36(25)49-32-13-10-23(15-27(32)40)16-31(45)35-29-9-5-6-14-43(29)44(37(35)46)30-17-24(38)11-12-26(30)39/h2-4,7-8,10-13,15,17-19,21H,5-6,9,14,16,20H2,1H3. The number of ketones is 1. The predicted octanol–water partition coefficient (Wildman–Crippen LogP) is 7.14. The number of ether oxygens (including phenoxy) is 3. The molecular formula is C37H29F3N4O5. The molecule has 1 aliphatic rings. The minimum Gasteiger partial charge on any atom is -0.493 e. The van der Waals surface area contributed by atoms with Crippen molar-refractivity contribution in [3.8, 4) is 28.8 Å². The number of carbonyl (C=O) groups is 1. The molecule has 0 bridgehead atoms. The third-order valence-electron chi connectivity index (χ3n) is 8.39. The summed E-state index contributed by atoms with van der Waals surface area (Å²) < 4.78 is 64.2. The first-order valence-electron chi connectivity index (χ1n) is 15.6. The maximum Gasteiger partial charge on any atom is 0.282 e. The lowest BCUT2D eigenvalue weighted by atomic mass is 9.99. The van der Waals surface area contributed by atoms with Crippen LogP contribution in [0.5, 0.6) is 23.1 Å². The summed E-state index contributed by atoms with van der Waals surface area (Å²) in [5, 5.41) is 0.453. The number of Topliss-reactive ketones (excluding diaryl/α,β-unsaturated/α-hetero) is 1. The van der Waals surface area contributed by atoms with Crippen LogP contribution in [-0.4, -0.2) is 32.2 Å². The number of methoxy groups -OCH3 is 1. The summed E-state index contributed by atoms with van der Waals surface area (Å²) in [5.74, 6) is -2.03. The molecule has 4 aromatic carbocycles. The fourth-order valence-corrected chi connectivity index (χ4v) is 6.04. The summed E-state index contributed by atoms with van der Waals surface area (Å²) in [7, 11) is 1.50. The maximum absolute atomic E-state index is 15.4. The molecule has 0 radical (unpaired) electrons. The van der Waals surface area contributed by atoms with Crippen LogP contribution in [-0.2, 0) is 26.0 Å². The zero-order valence-corrected chi connectivity index (χ0v) is 26.3. The Bertz CT molecular complexity index is 2270. The smallest absolute Gasteiger partial charge is 0.282 e. The van der Waals surface area contributed by atoms with Crippen molar-refractivity contribution in [1.82, 2.24) is 19.3 Å². The molecule has 7 rings (SSSR count). The lowest BCUT2D eigenvalue weighted by Crippen LogP contribution is -2.25. The predicted molar refractivity (Wildman–Crippen MR) is 174 cm³/mol. The van der Waals surface area contributed by atoms with Gasteiger partial charge in [0.15, 0.2) is 28.8 Å². The second-order valence-electron chi connectivity index (χ2n) is 11.6. The van der Waals surface area contributed by atoms with Crippen molar-refractivity contribution >= 4 is 16.7 Å². The molecule has 0 atom stereocenters. The van der Waals surface area contributed by atoms with Crippen molar-refractivity contribution in [2.75, 3.05) is 7.11 Å². The minimum atomic E-state index is -0.794. The van der Waals surface area contributed by atoms with Crippen molar-refractivity contribution in [2.24, 2.45) is 0 Å².